The second-order valence-electron chi connectivity index (χ2n) is 9.50. The molecule has 5 rings (SSSR count). The van der Waals surface area contributed by atoms with E-state index in [4.69, 9.17) is 23.7 Å². The molecule has 0 fully saturated rings. The number of benzene rings is 2. The molecule has 2 aromatic carbocycles. The third-order valence-corrected chi connectivity index (χ3v) is 7.33. The van der Waals surface area contributed by atoms with Crippen LogP contribution in [0.25, 0.3) is 0 Å². The van der Waals surface area contributed by atoms with E-state index in [2.05, 4.69) is 5.32 Å². The van der Waals surface area contributed by atoms with Crippen LogP contribution in [-0.4, -0.2) is 44.8 Å². The van der Waals surface area contributed by atoms with E-state index in [1.807, 2.05) is 18.2 Å². The number of rotatable bonds is 7. The summed E-state index contributed by atoms with van der Waals surface area (Å²) in [5.41, 5.74) is 3.39. The van der Waals surface area contributed by atoms with Crippen LogP contribution in [0.3, 0.4) is 0 Å². The Morgan fingerprint density at radius 2 is 1.67 bits per heavy atom. The van der Waals surface area contributed by atoms with Gasteiger partial charge in [-0.05, 0) is 62.6 Å². The number of ether oxygens (including phenoxy) is 5. The quantitative estimate of drug-likeness (QED) is 0.415. The molecule has 0 spiro atoms. The molecule has 0 aromatic heterocycles. The first kappa shape index (κ1) is 26.3. The van der Waals surface area contributed by atoms with Gasteiger partial charge in [0.1, 0.15) is 11.7 Å². The fourth-order valence-corrected chi connectivity index (χ4v) is 5.61. The van der Waals surface area contributed by atoms with E-state index in [-0.39, 0.29) is 25.8 Å². The van der Waals surface area contributed by atoms with Crippen molar-refractivity contribution < 1.29 is 38.1 Å². The second kappa shape index (κ2) is 10.8. The van der Waals surface area contributed by atoms with Gasteiger partial charge < -0.3 is 29.0 Å². The molecule has 2 aromatic rings. The maximum atomic E-state index is 14.4. The molecule has 39 heavy (non-hydrogen) atoms. The summed E-state index contributed by atoms with van der Waals surface area (Å²) in [5.74, 6) is -2.06. The molecule has 9 heteroatoms. The van der Waals surface area contributed by atoms with E-state index in [1.165, 1.54) is 0 Å². The smallest absolute Gasteiger partial charge is 0.336 e. The highest BCUT2D eigenvalue weighted by Crippen LogP contribution is 2.49. The van der Waals surface area contributed by atoms with Gasteiger partial charge in [-0.25, -0.2) is 4.79 Å². The molecule has 1 aliphatic carbocycles. The van der Waals surface area contributed by atoms with E-state index in [0.29, 0.717) is 51.8 Å². The predicted molar refractivity (Wildman–Crippen MR) is 140 cm³/mol. The number of hydrogen-bond donors (Lipinski definition) is 1. The van der Waals surface area contributed by atoms with Crippen LogP contribution in [0, 0.1) is 5.92 Å². The van der Waals surface area contributed by atoms with Crippen molar-refractivity contribution in [3.05, 3.63) is 76.1 Å². The molecule has 0 unspecified atom stereocenters. The van der Waals surface area contributed by atoms with Crippen molar-refractivity contribution in [2.24, 2.45) is 5.92 Å². The zero-order chi connectivity index (χ0) is 27.7. The monoisotopic (exact) mass is 533 g/mol. The van der Waals surface area contributed by atoms with Crippen molar-refractivity contribution in [2.45, 2.75) is 39.0 Å². The van der Waals surface area contributed by atoms with Crippen LogP contribution >= 0.6 is 0 Å². The number of esters is 2. The Balaban J connectivity index is 1.66. The van der Waals surface area contributed by atoms with Gasteiger partial charge in [-0.15, -0.1) is 0 Å². The molecule has 0 saturated carbocycles. The van der Waals surface area contributed by atoms with Crippen LogP contribution in [0.15, 0.2) is 65.0 Å². The molecular formula is C30H31NO8. The van der Waals surface area contributed by atoms with Gasteiger partial charge in [0, 0.05) is 28.8 Å². The van der Waals surface area contributed by atoms with Gasteiger partial charge in [0.15, 0.2) is 17.3 Å². The number of fused-ring (bicyclic) bond motifs is 1. The summed E-state index contributed by atoms with van der Waals surface area (Å²) in [6.07, 6.45) is 0.366. The van der Waals surface area contributed by atoms with E-state index in [0.717, 1.165) is 5.56 Å². The summed E-state index contributed by atoms with van der Waals surface area (Å²) >= 11 is 0. The zero-order valence-electron chi connectivity index (χ0n) is 22.4. The Kier molecular flexibility index (Phi) is 7.32. The molecule has 1 N–H and O–H groups in total. The number of nitrogens with one attached hydrogen (secondary N) is 1. The number of ketones is 1. The number of carbonyl (C=O) groups is 3. The third-order valence-electron chi connectivity index (χ3n) is 7.33. The lowest BCUT2D eigenvalue weighted by Crippen LogP contribution is -2.43. The van der Waals surface area contributed by atoms with Gasteiger partial charge >= 0.3 is 11.9 Å². The molecule has 204 valence electrons. The minimum atomic E-state index is -1.09. The van der Waals surface area contributed by atoms with Gasteiger partial charge in [-0.2, -0.15) is 0 Å². The third kappa shape index (κ3) is 4.73. The number of allylic oxidation sites excluding steroid dienone is 3. The topological polar surface area (TPSA) is 109 Å². The Bertz CT molecular complexity index is 1370. The van der Waals surface area contributed by atoms with E-state index in [1.54, 1.807) is 52.1 Å². The fourth-order valence-electron chi connectivity index (χ4n) is 5.61. The fraction of sp³-hybridized carbons (Fsp3) is 0.367. The average Bonchev–Trinajstić information content (AvgIpc) is 3.40. The highest BCUT2D eigenvalue weighted by atomic mass is 16.7. The standard InChI is InChI=1S/C30H31NO8/c1-5-36-29(33)24-16(3)31-21-14-20(17-7-10-19(35-4)11-8-17)26(30(34)37-6-2)28(32)27(21)25(24)18-9-12-22-23(13-18)39-15-38-22/h7-13,20,25-26,31H,5-6,14-15H2,1-4H3/t20-,25-,26+/m1/s1. The Morgan fingerprint density at radius 3 is 2.36 bits per heavy atom. The Hall–Kier alpha value is -4.27. The largest absolute Gasteiger partial charge is 0.497 e. The summed E-state index contributed by atoms with van der Waals surface area (Å²) in [5, 5.41) is 3.31. The number of dihydropyridines is 1. The molecule has 2 aliphatic heterocycles. The van der Waals surface area contributed by atoms with Crippen LogP contribution in [-0.2, 0) is 23.9 Å². The second-order valence-corrected chi connectivity index (χ2v) is 9.50. The van der Waals surface area contributed by atoms with Crippen molar-refractivity contribution in [2.75, 3.05) is 27.1 Å². The van der Waals surface area contributed by atoms with Crippen LogP contribution in [0.5, 0.6) is 17.2 Å². The summed E-state index contributed by atoms with van der Waals surface area (Å²) in [7, 11) is 1.58. The number of hydrogen-bond acceptors (Lipinski definition) is 9. The Morgan fingerprint density at radius 1 is 0.974 bits per heavy atom. The molecule has 3 aliphatic rings. The van der Waals surface area contributed by atoms with Gasteiger partial charge in [-0.3, -0.25) is 9.59 Å². The predicted octanol–water partition coefficient (Wildman–Crippen LogP) is 4.14. The lowest BCUT2D eigenvalue weighted by atomic mass is 9.67. The lowest BCUT2D eigenvalue weighted by molar-refractivity contribution is -0.152. The summed E-state index contributed by atoms with van der Waals surface area (Å²) < 4.78 is 27.2. The first-order valence-electron chi connectivity index (χ1n) is 13.0. The highest BCUT2D eigenvalue weighted by Gasteiger charge is 2.49. The van der Waals surface area contributed by atoms with Crippen molar-refractivity contribution in [3.8, 4) is 17.2 Å². The first-order chi connectivity index (χ1) is 18.9. The molecule has 0 bridgehead atoms. The number of carbonyl (C=O) groups excluding carboxylic acids is 3. The van der Waals surface area contributed by atoms with Crippen molar-refractivity contribution in [1.29, 1.82) is 0 Å². The van der Waals surface area contributed by atoms with Crippen molar-refractivity contribution in [3.63, 3.8) is 0 Å². The zero-order valence-corrected chi connectivity index (χ0v) is 22.4. The lowest BCUT2D eigenvalue weighted by Gasteiger charge is -2.39. The summed E-state index contributed by atoms with van der Waals surface area (Å²) in [4.78, 5) is 41.0. The van der Waals surface area contributed by atoms with Crippen molar-refractivity contribution in [1.82, 2.24) is 5.32 Å². The van der Waals surface area contributed by atoms with Crippen LogP contribution in [0.1, 0.15) is 50.2 Å². The van der Waals surface area contributed by atoms with Crippen molar-refractivity contribution >= 4 is 17.7 Å². The number of methoxy groups -OCH3 is 1. The minimum absolute atomic E-state index is 0.0892. The normalized spacial score (nSPS) is 21.7. The van der Waals surface area contributed by atoms with E-state index >= 15 is 0 Å². The first-order valence-corrected chi connectivity index (χ1v) is 13.0. The summed E-state index contributed by atoms with van der Waals surface area (Å²) in [6, 6.07) is 12.7. The summed E-state index contributed by atoms with van der Waals surface area (Å²) in [6.45, 7) is 5.63. The highest BCUT2D eigenvalue weighted by molar-refractivity contribution is 6.13. The minimum Gasteiger partial charge on any atom is -0.497 e. The van der Waals surface area contributed by atoms with Gasteiger partial charge in [-0.1, -0.05) is 18.2 Å². The molecule has 0 amide bonds. The molecule has 2 heterocycles. The van der Waals surface area contributed by atoms with Gasteiger partial charge in [0.25, 0.3) is 0 Å². The van der Waals surface area contributed by atoms with Crippen LogP contribution in [0.2, 0.25) is 0 Å². The van der Waals surface area contributed by atoms with E-state index < -0.39 is 29.7 Å². The maximum Gasteiger partial charge on any atom is 0.336 e. The van der Waals surface area contributed by atoms with Crippen LogP contribution in [0.4, 0.5) is 0 Å². The SMILES string of the molecule is CCOC(=O)C1=C(C)NC2=C(C(=O)[C@@H](C(=O)OCC)[C@@H](c3ccc(OC)cc3)C2)[C@@H]1c1ccc2c(c1)OCO2. The molecule has 0 saturated heterocycles. The number of Topliss-reactive ketones (excluding diaryl/α,β-unsaturated/α-hetero) is 1. The molecule has 0 radical (unpaired) electrons. The average molecular weight is 534 g/mol. The van der Waals surface area contributed by atoms with E-state index in [9.17, 15) is 14.4 Å². The Labute approximate surface area is 226 Å². The maximum absolute atomic E-state index is 14.4. The van der Waals surface area contributed by atoms with Gasteiger partial charge in [0.05, 0.1) is 25.9 Å². The molecular weight excluding hydrogens is 502 g/mol. The van der Waals surface area contributed by atoms with Crippen LogP contribution < -0.4 is 19.5 Å². The van der Waals surface area contributed by atoms with Gasteiger partial charge in [0.2, 0.25) is 6.79 Å². The molecule has 9 nitrogen and oxygen atoms in total. The molecule has 3 atom stereocenters.